The Morgan fingerprint density at radius 1 is 1.00 bits per heavy atom. The lowest BCUT2D eigenvalue weighted by atomic mass is 10.1. The molecule has 0 saturated carbocycles. The fourth-order valence-electron chi connectivity index (χ4n) is 3.16. The van der Waals surface area contributed by atoms with Gasteiger partial charge in [0.2, 0.25) is 0 Å². The van der Waals surface area contributed by atoms with Crippen molar-refractivity contribution in [1.82, 2.24) is 29.9 Å². The Labute approximate surface area is 179 Å². The molecule has 5 rings (SSSR count). The number of benzene rings is 2. The monoisotopic (exact) mass is 439 g/mol. The third-order valence-corrected chi connectivity index (χ3v) is 5.18. The van der Waals surface area contributed by atoms with Crippen molar-refractivity contribution in [3.05, 3.63) is 70.6 Å². The average Bonchev–Trinajstić information content (AvgIpc) is 3.23. The highest BCUT2D eigenvalue weighted by Gasteiger charge is 2.17. The molecule has 0 aliphatic rings. The summed E-state index contributed by atoms with van der Waals surface area (Å²) in [4.78, 5) is 24.9. The average molecular weight is 440 g/mol. The molecular weight excluding hydrogens is 428 g/mol. The molecule has 0 saturated heterocycles. The lowest BCUT2D eigenvalue weighted by molar-refractivity contribution is 0.628. The van der Waals surface area contributed by atoms with Gasteiger partial charge in [0.1, 0.15) is 23.2 Å². The van der Waals surface area contributed by atoms with Crippen LogP contribution in [0.2, 0.25) is 10.0 Å². The van der Waals surface area contributed by atoms with Gasteiger partial charge in [0.25, 0.3) is 0 Å². The van der Waals surface area contributed by atoms with Crippen LogP contribution in [-0.4, -0.2) is 29.9 Å². The molecule has 148 valence electrons. The van der Waals surface area contributed by atoms with Crippen LogP contribution in [0.5, 0.6) is 0 Å². The Hall–Kier alpha value is -3.36. The number of hydrogen-bond donors (Lipinski definition) is 2. The van der Waals surface area contributed by atoms with E-state index in [4.69, 9.17) is 28.2 Å². The molecule has 3 aromatic heterocycles. The number of nitrogens with zero attached hydrogens (tertiary/aromatic N) is 5. The van der Waals surface area contributed by atoms with Crippen molar-refractivity contribution >= 4 is 51.2 Å². The first-order valence-corrected chi connectivity index (χ1v) is 9.64. The van der Waals surface area contributed by atoms with Crippen molar-refractivity contribution in [2.24, 2.45) is 0 Å². The van der Waals surface area contributed by atoms with E-state index in [1.54, 1.807) is 18.5 Å². The van der Waals surface area contributed by atoms with Gasteiger partial charge in [0, 0.05) is 5.56 Å². The lowest BCUT2D eigenvalue weighted by Crippen LogP contribution is -2.08. The molecule has 0 aliphatic carbocycles. The number of para-hydroxylation sites is 1. The van der Waals surface area contributed by atoms with Gasteiger partial charge in [0.15, 0.2) is 11.5 Å². The molecule has 5 aromatic rings. The van der Waals surface area contributed by atoms with Crippen LogP contribution in [0.3, 0.4) is 0 Å². The van der Waals surface area contributed by atoms with Crippen LogP contribution in [0, 0.1) is 5.82 Å². The van der Waals surface area contributed by atoms with Gasteiger partial charge in [-0.25, -0.2) is 29.3 Å². The number of imidazole rings is 1. The van der Waals surface area contributed by atoms with E-state index < -0.39 is 5.82 Å². The van der Waals surface area contributed by atoms with E-state index in [1.807, 2.05) is 6.07 Å². The smallest absolute Gasteiger partial charge is 0.182 e. The van der Waals surface area contributed by atoms with Gasteiger partial charge in [-0.05, 0) is 30.3 Å². The maximum Gasteiger partial charge on any atom is 0.182 e. The molecule has 10 heteroatoms. The topological polar surface area (TPSA) is 92.3 Å². The minimum absolute atomic E-state index is 0.253. The number of nitrogens with one attached hydrogen (secondary N) is 2. The molecule has 0 radical (unpaired) electrons. The largest absolute Gasteiger partial charge is 0.362 e. The second kappa shape index (κ2) is 7.47. The fourth-order valence-corrected chi connectivity index (χ4v) is 3.58. The molecule has 0 aliphatic heterocycles. The minimum atomic E-state index is -0.427. The van der Waals surface area contributed by atoms with Gasteiger partial charge in [-0.15, -0.1) is 0 Å². The summed E-state index contributed by atoms with van der Waals surface area (Å²) in [6, 6.07) is 9.44. The Kier molecular flexibility index (Phi) is 4.65. The molecule has 30 heavy (non-hydrogen) atoms. The number of fused-ring (bicyclic) bond motifs is 2. The second-order valence-corrected chi connectivity index (χ2v) is 7.24. The molecule has 0 spiro atoms. The third-order valence-electron chi connectivity index (χ3n) is 4.55. The first-order chi connectivity index (χ1) is 14.6. The van der Waals surface area contributed by atoms with Crippen molar-refractivity contribution in [1.29, 1.82) is 0 Å². The molecule has 2 aromatic carbocycles. The minimum Gasteiger partial charge on any atom is -0.362 e. The van der Waals surface area contributed by atoms with E-state index in [9.17, 15) is 4.39 Å². The van der Waals surface area contributed by atoms with Crippen LogP contribution < -0.4 is 5.32 Å². The standard InChI is InChI=1S/C20H12Cl2FN7/c21-12-5-4-10(23)6-11(12)16-15(29-14-3-1-2-13(22)17(14)30-16)7-24-19-18-20(26-8-25-18)28-9-27-19/h1-6,8-9H,7H2,(H2,24,25,26,27,28). The highest BCUT2D eigenvalue weighted by Crippen LogP contribution is 2.32. The van der Waals surface area contributed by atoms with Gasteiger partial charge in [-0.2, -0.15) is 0 Å². The number of aromatic nitrogens is 6. The normalized spacial score (nSPS) is 11.3. The lowest BCUT2D eigenvalue weighted by Gasteiger charge is -2.13. The van der Waals surface area contributed by atoms with Gasteiger partial charge < -0.3 is 10.3 Å². The first-order valence-electron chi connectivity index (χ1n) is 8.88. The van der Waals surface area contributed by atoms with E-state index in [1.165, 1.54) is 24.5 Å². The van der Waals surface area contributed by atoms with Crippen molar-refractivity contribution in [3.8, 4) is 11.3 Å². The van der Waals surface area contributed by atoms with Gasteiger partial charge in [-0.1, -0.05) is 29.3 Å². The molecule has 3 heterocycles. The maximum absolute atomic E-state index is 14.0. The van der Waals surface area contributed by atoms with Gasteiger partial charge >= 0.3 is 0 Å². The van der Waals surface area contributed by atoms with Crippen molar-refractivity contribution in [2.75, 3.05) is 5.32 Å². The molecular formula is C20H12Cl2FN7. The summed E-state index contributed by atoms with van der Waals surface area (Å²) in [7, 11) is 0. The highest BCUT2D eigenvalue weighted by atomic mass is 35.5. The molecule has 0 fully saturated rings. The zero-order valence-electron chi connectivity index (χ0n) is 15.2. The van der Waals surface area contributed by atoms with Crippen molar-refractivity contribution < 1.29 is 4.39 Å². The predicted molar refractivity (Wildman–Crippen MR) is 114 cm³/mol. The number of rotatable bonds is 4. The maximum atomic E-state index is 14.0. The third kappa shape index (κ3) is 3.30. The highest BCUT2D eigenvalue weighted by molar-refractivity contribution is 6.35. The van der Waals surface area contributed by atoms with Gasteiger partial charge in [-0.3, -0.25) is 0 Å². The zero-order chi connectivity index (χ0) is 20.7. The van der Waals surface area contributed by atoms with Crippen molar-refractivity contribution in [2.45, 2.75) is 6.54 Å². The fraction of sp³-hybridized carbons (Fsp3) is 0.0500. The summed E-state index contributed by atoms with van der Waals surface area (Å²) in [5.41, 5.74) is 3.75. The predicted octanol–water partition coefficient (Wildman–Crippen LogP) is 5.02. The summed E-state index contributed by atoms with van der Waals surface area (Å²) in [6.07, 6.45) is 2.96. The van der Waals surface area contributed by atoms with E-state index in [0.717, 1.165) is 0 Å². The molecule has 7 nitrogen and oxygen atoms in total. The van der Waals surface area contributed by atoms with Crippen LogP contribution in [-0.2, 0) is 6.54 Å². The number of halogens is 3. The second-order valence-electron chi connectivity index (χ2n) is 6.43. The zero-order valence-corrected chi connectivity index (χ0v) is 16.7. The Morgan fingerprint density at radius 3 is 2.80 bits per heavy atom. The quantitative estimate of drug-likeness (QED) is 0.408. The Morgan fingerprint density at radius 2 is 1.90 bits per heavy atom. The van der Waals surface area contributed by atoms with Crippen LogP contribution >= 0.6 is 23.2 Å². The molecule has 0 unspecified atom stereocenters. The first kappa shape index (κ1) is 18.7. The Balaban J connectivity index is 1.64. The van der Waals surface area contributed by atoms with Crippen LogP contribution in [0.1, 0.15) is 5.69 Å². The molecule has 0 bridgehead atoms. The molecule has 0 atom stereocenters. The van der Waals surface area contributed by atoms with Crippen LogP contribution in [0.4, 0.5) is 10.2 Å². The summed E-state index contributed by atoms with van der Waals surface area (Å²) in [6.45, 7) is 0.253. The number of anilines is 1. The van der Waals surface area contributed by atoms with Crippen LogP contribution in [0.15, 0.2) is 49.1 Å². The van der Waals surface area contributed by atoms with E-state index in [0.29, 0.717) is 55.0 Å². The van der Waals surface area contributed by atoms with E-state index >= 15 is 0 Å². The molecule has 2 N–H and O–H groups in total. The Bertz CT molecular complexity index is 1400. The summed E-state index contributed by atoms with van der Waals surface area (Å²) in [5, 5.41) is 4.02. The van der Waals surface area contributed by atoms with Gasteiger partial charge in [0.05, 0.1) is 39.8 Å². The summed E-state index contributed by atoms with van der Waals surface area (Å²) in [5.74, 6) is 0.131. The van der Waals surface area contributed by atoms with E-state index in [2.05, 4.69) is 30.2 Å². The summed E-state index contributed by atoms with van der Waals surface area (Å²) >= 11 is 12.7. The SMILES string of the molecule is Fc1ccc(Cl)c(-c2nc3c(Cl)cccc3nc2CNc2ncnc3nc[nH]c23)c1. The number of H-pyrrole nitrogens is 1. The van der Waals surface area contributed by atoms with E-state index in [-0.39, 0.29) is 6.54 Å². The molecule has 0 amide bonds. The van der Waals surface area contributed by atoms with Crippen molar-refractivity contribution in [3.63, 3.8) is 0 Å². The number of hydrogen-bond acceptors (Lipinski definition) is 6. The summed E-state index contributed by atoms with van der Waals surface area (Å²) < 4.78 is 14.0. The number of aromatic amines is 1. The van der Waals surface area contributed by atoms with Crippen LogP contribution in [0.25, 0.3) is 33.5 Å².